The van der Waals surface area contributed by atoms with E-state index in [-0.39, 0.29) is 48.4 Å². The molecule has 0 radical (unpaired) electrons. The summed E-state index contributed by atoms with van der Waals surface area (Å²) in [5.74, 6) is -4.25. The number of Topliss-reactive ketones (excluding diaryl/α,β-unsaturated/α-hetero) is 2. The van der Waals surface area contributed by atoms with Gasteiger partial charge in [-0.3, -0.25) is 34.2 Å². The van der Waals surface area contributed by atoms with Crippen molar-refractivity contribution in [1.29, 1.82) is 0 Å². The third kappa shape index (κ3) is 12.6. The fourth-order valence-corrected chi connectivity index (χ4v) is 6.36. The van der Waals surface area contributed by atoms with Gasteiger partial charge in [-0.1, -0.05) is 24.3 Å². The van der Waals surface area contributed by atoms with Gasteiger partial charge in [0.15, 0.2) is 11.6 Å². The SMILES string of the molecule is CN1CCN(C(=O)N(Cc2ccc(C(=O)CN)cn2)c2ccccc2F)CC1.CN1CCN(C(=O)N(Cc2ccc(C(=O)CNC(=O)C(F)(F)F)cn2)c2ccccc2F)CC1. The predicted molar refractivity (Wildman–Crippen MR) is 219 cm³/mol. The molecule has 3 N–H and O–H groups in total. The Bertz CT molecular complexity index is 2180. The number of ketones is 2. The number of halogens is 5. The number of piperazine rings is 2. The number of rotatable bonds is 11. The molecular formula is C42H47F5N10O5. The van der Waals surface area contributed by atoms with Crippen molar-refractivity contribution in [3.8, 4) is 0 Å². The van der Waals surface area contributed by atoms with E-state index in [1.54, 1.807) is 46.2 Å². The Balaban J connectivity index is 0.000000238. The first-order valence-corrected chi connectivity index (χ1v) is 19.6. The van der Waals surface area contributed by atoms with Crippen LogP contribution in [0.2, 0.25) is 0 Å². The monoisotopic (exact) mass is 866 g/mol. The molecule has 4 heterocycles. The first kappa shape index (κ1) is 46.7. The lowest BCUT2D eigenvalue weighted by molar-refractivity contribution is -0.173. The van der Waals surface area contributed by atoms with Gasteiger partial charge in [-0.15, -0.1) is 0 Å². The second-order valence-corrected chi connectivity index (χ2v) is 14.5. The summed E-state index contributed by atoms with van der Waals surface area (Å²) < 4.78 is 65.8. The van der Waals surface area contributed by atoms with E-state index in [9.17, 15) is 45.9 Å². The van der Waals surface area contributed by atoms with Crippen LogP contribution in [0.25, 0.3) is 0 Å². The minimum absolute atomic E-state index is 0.0194. The highest BCUT2D eigenvalue weighted by atomic mass is 19.4. The van der Waals surface area contributed by atoms with Crippen molar-refractivity contribution in [3.63, 3.8) is 0 Å². The standard InChI is InChI=1S/C22H23F4N5O3.C20H24FN5O2/c1-29-8-10-30(11-9-29)21(34)31(18-5-3-2-4-17(18)23)14-16-7-6-15(12-27-16)19(32)13-28-20(33)22(24,25)26;1-24-8-10-25(11-9-24)20(28)26(18-5-3-2-4-17(18)21)14-16-7-6-15(13-23-16)19(27)12-22/h2-7,12H,8-11,13-14H2,1H3,(H,28,33);2-7,13H,8-12,14,22H2,1H3. The molecule has 0 bridgehead atoms. The highest BCUT2D eigenvalue weighted by Gasteiger charge is 2.38. The quantitative estimate of drug-likeness (QED) is 0.165. The van der Waals surface area contributed by atoms with Crippen LogP contribution >= 0.6 is 0 Å². The van der Waals surface area contributed by atoms with Crippen LogP contribution < -0.4 is 20.9 Å². The molecule has 6 rings (SSSR count). The van der Waals surface area contributed by atoms with E-state index in [4.69, 9.17) is 5.73 Å². The second kappa shape index (κ2) is 21.4. The van der Waals surface area contributed by atoms with Crippen molar-refractivity contribution in [3.05, 3.63) is 119 Å². The van der Waals surface area contributed by atoms with E-state index in [1.165, 1.54) is 57.7 Å². The first-order valence-electron chi connectivity index (χ1n) is 19.6. The normalized spacial score (nSPS) is 14.6. The van der Waals surface area contributed by atoms with E-state index in [2.05, 4.69) is 19.8 Å². The van der Waals surface area contributed by atoms with Gasteiger partial charge in [-0.2, -0.15) is 13.2 Å². The zero-order valence-electron chi connectivity index (χ0n) is 34.2. The number of nitrogens with zero attached hydrogens (tertiary/aromatic N) is 8. The molecule has 2 aromatic carbocycles. The van der Waals surface area contributed by atoms with Gasteiger partial charge in [0.1, 0.15) is 11.6 Å². The number of nitrogens with one attached hydrogen (secondary N) is 1. The highest BCUT2D eigenvalue weighted by molar-refractivity contribution is 6.00. The van der Waals surface area contributed by atoms with Gasteiger partial charge in [0.25, 0.3) is 0 Å². The average Bonchev–Trinajstić information content (AvgIpc) is 3.27. The van der Waals surface area contributed by atoms with Crippen LogP contribution in [0.4, 0.5) is 42.9 Å². The van der Waals surface area contributed by atoms with Crippen molar-refractivity contribution in [2.45, 2.75) is 19.3 Å². The van der Waals surface area contributed by atoms with E-state index in [0.717, 1.165) is 19.3 Å². The fraction of sp³-hybridized carbons (Fsp3) is 0.357. The summed E-state index contributed by atoms with van der Waals surface area (Å²) in [5, 5.41) is 1.51. The lowest BCUT2D eigenvalue weighted by Crippen LogP contribution is -2.52. The number of anilines is 2. The van der Waals surface area contributed by atoms with Crippen molar-refractivity contribution in [2.75, 3.05) is 89.3 Å². The maximum absolute atomic E-state index is 14.5. The Morgan fingerprint density at radius 3 is 1.39 bits per heavy atom. The summed E-state index contributed by atoms with van der Waals surface area (Å²) in [6, 6.07) is 17.4. The number of alkyl halides is 3. The van der Waals surface area contributed by atoms with Crippen LogP contribution in [0.3, 0.4) is 0 Å². The van der Waals surface area contributed by atoms with Crippen LogP contribution in [0.1, 0.15) is 32.1 Å². The van der Waals surface area contributed by atoms with Crippen LogP contribution in [0.5, 0.6) is 0 Å². The number of hydrogen-bond acceptors (Lipinski definition) is 10. The van der Waals surface area contributed by atoms with E-state index >= 15 is 0 Å². The third-order valence-corrected chi connectivity index (χ3v) is 10.1. The van der Waals surface area contributed by atoms with Crippen molar-refractivity contribution in [1.82, 2.24) is 34.9 Å². The predicted octanol–water partition coefficient (Wildman–Crippen LogP) is 4.19. The van der Waals surface area contributed by atoms with Crippen molar-refractivity contribution >= 4 is 40.9 Å². The van der Waals surface area contributed by atoms with Crippen LogP contribution in [0.15, 0.2) is 85.2 Å². The lowest BCUT2D eigenvalue weighted by atomic mass is 10.1. The smallest absolute Gasteiger partial charge is 0.341 e. The van der Waals surface area contributed by atoms with Gasteiger partial charge in [0, 0.05) is 75.9 Å². The summed E-state index contributed by atoms with van der Waals surface area (Å²) in [6.07, 6.45) is -2.52. The number of aromatic nitrogens is 2. The molecule has 0 saturated carbocycles. The maximum Gasteiger partial charge on any atom is 0.471 e. The number of hydrogen-bond donors (Lipinski definition) is 2. The molecule has 4 aromatic rings. The zero-order valence-corrected chi connectivity index (χ0v) is 34.2. The lowest BCUT2D eigenvalue weighted by Gasteiger charge is -2.36. The Labute approximate surface area is 354 Å². The number of benzene rings is 2. The molecule has 15 nitrogen and oxygen atoms in total. The topological polar surface area (TPSA) is 169 Å². The molecule has 2 fully saturated rings. The second-order valence-electron chi connectivity index (χ2n) is 14.5. The van der Waals surface area contributed by atoms with E-state index < -0.39 is 42.1 Å². The van der Waals surface area contributed by atoms with Gasteiger partial charge >= 0.3 is 24.1 Å². The van der Waals surface area contributed by atoms with Crippen LogP contribution in [-0.2, 0) is 17.9 Å². The molecule has 0 atom stereocenters. The Hall–Kier alpha value is -6.38. The third-order valence-electron chi connectivity index (χ3n) is 10.1. The van der Waals surface area contributed by atoms with Crippen LogP contribution in [0, 0.1) is 11.6 Å². The summed E-state index contributed by atoms with van der Waals surface area (Å²) in [7, 11) is 3.95. The fourth-order valence-electron chi connectivity index (χ4n) is 6.36. The molecule has 20 heteroatoms. The minimum atomic E-state index is -5.09. The van der Waals surface area contributed by atoms with Gasteiger partial charge in [-0.05, 0) is 62.6 Å². The molecule has 2 aliphatic rings. The number of likely N-dealkylation sites (N-methyl/N-ethyl adjacent to an activating group) is 2. The molecule has 0 unspecified atom stereocenters. The number of pyridine rings is 2. The number of para-hydroxylation sites is 2. The van der Waals surface area contributed by atoms with E-state index in [1.807, 2.05) is 14.1 Å². The number of nitrogens with two attached hydrogens (primary N) is 1. The summed E-state index contributed by atoms with van der Waals surface area (Å²) >= 11 is 0. The molecule has 5 amide bonds. The summed E-state index contributed by atoms with van der Waals surface area (Å²) in [4.78, 5) is 79.6. The number of carbonyl (C=O) groups excluding carboxylic acids is 5. The maximum atomic E-state index is 14.5. The molecule has 2 saturated heterocycles. The molecule has 0 aliphatic carbocycles. The summed E-state index contributed by atoms with van der Waals surface area (Å²) in [6.45, 7) is 4.08. The molecule has 2 aromatic heterocycles. The molecule has 2 aliphatic heterocycles. The molecular weight excluding hydrogens is 820 g/mol. The zero-order chi connectivity index (χ0) is 45.0. The number of amides is 5. The highest BCUT2D eigenvalue weighted by Crippen LogP contribution is 2.25. The van der Waals surface area contributed by atoms with Crippen LogP contribution in [-0.4, -0.2) is 145 Å². The molecule has 330 valence electrons. The van der Waals surface area contributed by atoms with E-state index in [0.29, 0.717) is 56.2 Å². The molecule has 62 heavy (non-hydrogen) atoms. The minimum Gasteiger partial charge on any atom is -0.341 e. The first-order chi connectivity index (χ1) is 29.5. The van der Waals surface area contributed by atoms with Crippen molar-refractivity contribution < 1.29 is 45.9 Å². The number of carbonyl (C=O) groups is 5. The van der Waals surface area contributed by atoms with Gasteiger partial charge in [0.2, 0.25) is 0 Å². The van der Waals surface area contributed by atoms with Crippen molar-refractivity contribution in [2.24, 2.45) is 5.73 Å². The molecule has 0 spiro atoms. The van der Waals surface area contributed by atoms with Gasteiger partial charge < -0.3 is 30.7 Å². The number of urea groups is 2. The largest absolute Gasteiger partial charge is 0.471 e. The summed E-state index contributed by atoms with van der Waals surface area (Å²) in [5.41, 5.74) is 6.92. The Morgan fingerprint density at radius 1 is 0.629 bits per heavy atom. The Kier molecular flexibility index (Phi) is 16.1. The average molecular weight is 867 g/mol. The van der Waals surface area contributed by atoms with Gasteiger partial charge in [0.05, 0.1) is 48.9 Å². The van der Waals surface area contributed by atoms with Gasteiger partial charge in [-0.25, -0.2) is 18.4 Å². The Morgan fingerprint density at radius 2 is 1.03 bits per heavy atom.